The van der Waals surface area contributed by atoms with Crippen molar-refractivity contribution in [3.63, 3.8) is 0 Å². The second-order valence-electron chi connectivity index (χ2n) is 8.10. The van der Waals surface area contributed by atoms with E-state index in [9.17, 15) is 27.6 Å². The van der Waals surface area contributed by atoms with E-state index < -0.39 is 47.2 Å². The van der Waals surface area contributed by atoms with Crippen LogP contribution < -0.4 is 5.32 Å². The molecule has 33 heavy (non-hydrogen) atoms. The third kappa shape index (κ3) is 4.29. The van der Waals surface area contributed by atoms with Crippen molar-refractivity contribution in [2.75, 3.05) is 6.61 Å². The second-order valence-corrected chi connectivity index (χ2v) is 8.10. The Morgan fingerprint density at radius 3 is 2.36 bits per heavy atom. The smallest absolute Gasteiger partial charge is 0.416 e. The molecule has 3 unspecified atom stereocenters. The standard InChI is InChI=1S/C25H22F3NO4/c1-2-33-24(32)22-16(14-8-4-3-5-9-14)12-19-21(23(22)31)17(13-20(30)29-19)15-10-6-7-11-18(15)25(26,27)28/h3-11,16-17,22H,2,12-13H2,1H3,(H,29,30). The van der Waals surface area contributed by atoms with Crippen LogP contribution in [0.3, 0.4) is 0 Å². The molecule has 0 aromatic heterocycles. The number of carbonyl (C=O) groups excluding carboxylic acids is 3. The highest BCUT2D eigenvalue weighted by atomic mass is 19.4. The third-order valence-corrected chi connectivity index (χ3v) is 6.14. The van der Waals surface area contributed by atoms with Gasteiger partial charge < -0.3 is 10.1 Å². The van der Waals surface area contributed by atoms with E-state index in [0.717, 1.165) is 6.07 Å². The molecule has 0 fully saturated rings. The second kappa shape index (κ2) is 8.84. The Morgan fingerprint density at radius 2 is 1.70 bits per heavy atom. The lowest BCUT2D eigenvalue weighted by Crippen LogP contribution is -2.44. The predicted octanol–water partition coefficient (Wildman–Crippen LogP) is 4.50. The molecule has 1 aliphatic carbocycles. The fourth-order valence-electron chi connectivity index (χ4n) is 4.79. The van der Waals surface area contributed by atoms with E-state index >= 15 is 0 Å². The van der Waals surface area contributed by atoms with E-state index in [1.54, 1.807) is 37.3 Å². The molecule has 0 saturated heterocycles. The maximum absolute atomic E-state index is 13.7. The lowest BCUT2D eigenvalue weighted by molar-refractivity contribution is -0.152. The number of benzene rings is 2. The Balaban J connectivity index is 1.86. The Labute approximate surface area is 188 Å². The largest absolute Gasteiger partial charge is 0.465 e. The van der Waals surface area contributed by atoms with Gasteiger partial charge in [-0.1, -0.05) is 48.5 Å². The molecule has 4 rings (SSSR count). The zero-order valence-electron chi connectivity index (χ0n) is 17.8. The number of hydrogen-bond donors (Lipinski definition) is 1. The van der Waals surface area contributed by atoms with Gasteiger partial charge in [-0.25, -0.2) is 0 Å². The lowest BCUT2D eigenvalue weighted by Gasteiger charge is -2.38. The van der Waals surface area contributed by atoms with Gasteiger partial charge in [-0.3, -0.25) is 14.4 Å². The Hall–Kier alpha value is -3.42. The fourth-order valence-corrected chi connectivity index (χ4v) is 4.79. The minimum atomic E-state index is -4.66. The van der Waals surface area contributed by atoms with E-state index in [1.165, 1.54) is 18.2 Å². The van der Waals surface area contributed by atoms with Crippen LogP contribution in [0.5, 0.6) is 0 Å². The van der Waals surface area contributed by atoms with E-state index in [2.05, 4.69) is 5.32 Å². The van der Waals surface area contributed by atoms with E-state index in [4.69, 9.17) is 4.74 Å². The van der Waals surface area contributed by atoms with Crippen molar-refractivity contribution >= 4 is 17.7 Å². The Kier molecular flexibility index (Phi) is 6.10. The van der Waals surface area contributed by atoms with Gasteiger partial charge >= 0.3 is 12.1 Å². The summed E-state index contributed by atoms with van der Waals surface area (Å²) < 4.78 is 46.4. The summed E-state index contributed by atoms with van der Waals surface area (Å²) in [7, 11) is 0. The van der Waals surface area contributed by atoms with Gasteiger partial charge in [0.15, 0.2) is 5.78 Å². The number of halogens is 3. The summed E-state index contributed by atoms with van der Waals surface area (Å²) >= 11 is 0. The summed E-state index contributed by atoms with van der Waals surface area (Å²) in [5.41, 5.74) is -0.0182. The van der Waals surface area contributed by atoms with Crippen LogP contribution in [0.2, 0.25) is 0 Å². The lowest BCUT2D eigenvalue weighted by atomic mass is 9.67. The molecule has 172 valence electrons. The SMILES string of the molecule is CCOC(=O)C1C(=O)C2=C(CC1c1ccccc1)NC(=O)CC2c1ccccc1C(F)(F)F. The van der Waals surface area contributed by atoms with Crippen LogP contribution in [0.15, 0.2) is 65.9 Å². The number of rotatable bonds is 4. The predicted molar refractivity (Wildman–Crippen MR) is 113 cm³/mol. The normalized spacial score (nSPS) is 23.1. The van der Waals surface area contributed by atoms with Gasteiger partial charge in [0.1, 0.15) is 5.92 Å². The van der Waals surface area contributed by atoms with Gasteiger partial charge in [-0.2, -0.15) is 13.2 Å². The molecule has 2 aromatic carbocycles. The van der Waals surface area contributed by atoms with Crippen LogP contribution in [0.25, 0.3) is 0 Å². The van der Waals surface area contributed by atoms with Crippen molar-refractivity contribution < 1.29 is 32.3 Å². The number of nitrogens with one attached hydrogen (secondary N) is 1. The first-order chi connectivity index (χ1) is 15.7. The summed E-state index contributed by atoms with van der Waals surface area (Å²) in [5, 5.41) is 2.68. The highest BCUT2D eigenvalue weighted by molar-refractivity contribution is 6.12. The van der Waals surface area contributed by atoms with Gasteiger partial charge in [0.05, 0.1) is 12.2 Å². The molecule has 1 aliphatic heterocycles. The quantitative estimate of drug-likeness (QED) is 0.542. The first-order valence-electron chi connectivity index (χ1n) is 10.7. The number of ether oxygens (including phenoxy) is 1. The molecule has 1 N–H and O–H groups in total. The number of carbonyl (C=O) groups is 3. The van der Waals surface area contributed by atoms with Crippen LogP contribution in [0, 0.1) is 5.92 Å². The fraction of sp³-hybridized carbons (Fsp3) is 0.320. The summed E-state index contributed by atoms with van der Waals surface area (Å²) in [6, 6.07) is 13.8. The van der Waals surface area contributed by atoms with Crippen molar-refractivity contribution in [1.29, 1.82) is 0 Å². The Morgan fingerprint density at radius 1 is 1.03 bits per heavy atom. The van der Waals surface area contributed by atoms with Gasteiger partial charge in [0, 0.05) is 29.5 Å². The maximum Gasteiger partial charge on any atom is 0.416 e. The molecule has 3 atom stereocenters. The molecule has 0 saturated carbocycles. The number of amides is 1. The van der Waals surface area contributed by atoms with Crippen molar-refractivity contribution in [2.24, 2.45) is 5.92 Å². The van der Waals surface area contributed by atoms with Gasteiger partial charge in [-0.15, -0.1) is 0 Å². The van der Waals surface area contributed by atoms with E-state index in [0.29, 0.717) is 5.56 Å². The van der Waals surface area contributed by atoms with Gasteiger partial charge in [0.25, 0.3) is 0 Å². The van der Waals surface area contributed by atoms with Crippen LogP contribution in [-0.2, 0) is 25.3 Å². The molecular formula is C25H22F3NO4. The monoisotopic (exact) mass is 457 g/mol. The molecule has 1 heterocycles. The maximum atomic E-state index is 13.7. The average Bonchev–Trinajstić information content (AvgIpc) is 2.78. The van der Waals surface area contributed by atoms with Crippen LogP contribution in [-0.4, -0.2) is 24.3 Å². The van der Waals surface area contributed by atoms with Crippen LogP contribution >= 0.6 is 0 Å². The molecule has 5 nitrogen and oxygen atoms in total. The highest BCUT2D eigenvalue weighted by Crippen LogP contribution is 2.47. The minimum Gasteiger partial charge on any atom is -0.465 e. The first kappa shape index (κ1) is 22.8. The summed E-state index contributed by atoms with van der Waals surface area (Å²) in [4.78, 5) is 39.1. The van der Waals surface area contributed by atoms with Crippen molar-refractivity contribution in [3.05, 3.63) is 82.6 Å². The number of esters is 1. The summed E-state index contributed by atoms with van der Waals surface area (Å²) in [5.74, 6) is -4.71. The number of alkyl halides is 3. The molecule has 0 bridgehead atoms. The van der Waals surface area contributed by atoms with Crippen molar-refractivity contribution in [3.8, 4) is 0 Å². The minimum absolute atomic E-state index is 0.0523. The van der Waals surface area contributed by atoms with Crippen molar-refractivity contribution in [2.45, 2.75) is 37.8 Å². The molecule has 2 aromatic rings. The van der Waals surface area contributed by atoms with E-state index in [-0.39, 0.29) is 36.3 Å². The molecule has 0 spiro atoms. The number of allylic oxidation sites excluding steroid dienone is 2. The van der Waals surface area contributed by atoms with Crippen LogP contribution in [0.1, 0.15) is 48.3 Å². The average molecular weight is 457 g/mol. The molecule has 1 amide bonds. The summed E-state index contributed by atoms with van der Waals surface area (Å²) in [6.07, 6.45) is -4.84. The number of ketones is 1. The zero-order chi connectivity index (χ0) is 23.8. The van der Waals surface area contributed by atoms with Gasteiger partial charge in [0.2, 0.25) is 5.91 Å². The van der Waals surface area contributed by atoms with Crippen molar-refractivity contribution in [1.82, 2.24) is 5.32 Å². The molecule has 2 aliphatic rings. The first-order valence-corrected chi connectivity index (χ1v) is 10.7. The number of hydrogen-bond acceptors (Lipinski definition) is 4. The molecular weight excluding hydrogens is 435 g/mol. The highest BCUT2D eigenvalue weighted by Gasteiger charge is 2.49. The van der Waals surface area contributed by atoms with Crippen LogP contribution in [0.4, 0.5) is 13.2 Å². The summed E-state index contributed by atoms with van der Waals surface area (Å²) in [6.45, 7) is 1.68. The third-order valence-electron chi connectivity index (χ3n) is 6.14. The van der Waals surface area contributed by atoms with E-state index in [1.807, 2.05) is 0 Å². The molecule has 8 heteroatoms. The Bertz CT molecular complexity index is 1120. The number of Topliss-reactive ketones (excluding diaryl/α,β-unsaturated/α-hetero) is 1. The zero-order valence-corrected chi connectivity index (χ0v) is 17.8. The van der Waals surface area contributed by atoms with Gasteiger partial charge in [-0.05, 0) is 30.5 Å². The topological polar surface area (TPSA) is 72.5 Å². The molecule has 0 radical (unpaired) electrons.